The zero-order valence-corrected chi connectivity index (χ0v) is 17.4. The van der Waals surface area contributed by atoms with Crippen molar-refractivity contribution in [2.24, 2.45) is 0 Å². The van der Waals surface area contributed by atoms with E-state index < -0.39 is 0 Å². The van der Waals surface area contributed by atoms with Crippen LogP contribution >= 0.6 is 0 Å². The highest BCUT2D eigenvalue weighted by Gasteiger charge is 2.22. The molecule has 0 amide bonds. The Morgan fingerprint density at radius 1 is 1.11 bits per heavy atom. The van der Waals surface area contributed by atoms with E-state index in [-0.39, 0.29) is 23.7 Å². The van der Waals surface area contributed by atoms with Crippen molar-refractivity contribution in [3.05, 3.63) is 53.8 Å². The van der Waals surface area contributed by atoms with E-state index in [1.165, 1.54) is 6.07 Å². The zero-order valence-electron chi connectivity index (χ0n) is 17.4. The minimum atomic E-state index is -0.387. The SMILES string of the molecule is COc1cccc(N(CCO)Cc2ccc(OCC(C)(C)N(C)C)c(F)c2)c1. The highest BCUT2D eigenvalue weighted by Crippen LogP contribution is 2.25. The molecule has 154 valence electrons. The first-order valence-corrected chi connectivity index (χ1v) is 9.35. The molecule has 0 aliphatic heterocycles. The van der Waals surface area contributed by atoms with Crippen LogP contribution in [0.15, 0.2) is 42.5 Å². The van der Waals surface area contributed by atoms with Crippen LogP contribution in [-0.2, 0) is 6.54 Å². The normalized spacial score (nSPS) is 11.6. The van der Waals surface area contributed by atoms with Gasteiger partial charge in [0.05, 0.1) is 13.7 Å². The molecule has 0 bridgehead atoms. The Morgan fingerprint density at radius 3 is 2.46 bits per heavy atom. The van der Waals surface area contributed by atoms with Crippen molar-refractivity contribution in [1.82, 2.24) is 4.90 Å². The van der Waals surface area contributed by atoms with Crippen LogP contribution < -0.4 is 14.4 Å². The fraction of sp³-hybridized carbons (Fsp3) is 0.455. The second-order valence-corrected chi connectivity index (χ2v) is 7.61. The molecular weight excluding hydrogens is 359 g/mol. The topological polar surface area (TPSA) is 45.2 Å². The summed E-state index contributed by atoms with van der Waals surface area (Å²) in [5, 5.41) is 9.42. The fourth-order valence-electron chi connectivity index (χ4n) is 2.59. The number of ether oxygens (including phenoxy) is 2. The van der Waals surface area contributed by atoms with Gasteiger partial charge in [-0.05, 0) is 57.8 Å². The Morgan fingerprint density at radius 2 is 1.86 bits per heavy atom. The minimum Gasteiger partial charge on any atom is -0.497 e. The average molecular weight is 390 g/mol. The van der Waals surface area contributed by atoms with Gasteiger partial charge in [-0.2, -0.15) is 0 Å². The summed E-state index contributed by atoms with van der Waals surface area (Å²) in [6, 6.07) is 12.6. The maximum absolute atomic E-state index is 14.6. The second kappa shape index (κ2) is 9.75. The van der Waals surface area contributed by atoms with Gasteiger partial charge in [0.25, 0.3) is 0 Å². The van der Waals surface area contributed by atoms with Crippen molar-refractivity contribution in [3.8, 4) is 11.5 Å². The molecule has 0 fully saturated rings. The van der Waals surface area contributed by atoms with Crippen molar-refractivity contribution in [2.75, 3.05) is 45.9 Å². The van der Waals surface area contributed by atoms with Crippen LogP contribution in [0.25, 0.3) is 0 Å². The van der Waals surface area contributed by atoms with E-state index in [4.69, 9.17) is 9.47 Å². The van der Waals surface area contributed by atoms with E-state index in [9.17, 15) is 9.50 Å². The first-order valence-electron chi connectivity index (χ1n) is 9.35. The maximum Gasteiger partial charge on any atom is 0.165 e. The van der Waals surface area contributed by atoms with Gasteiger partial charge in [-0.25, -0.2) is 4.39 Å². The molecule has 0 aliphatic carbocycles. The Kier molecular flexibility index (Phi) is 7.66. The van der Waals surface area contributed by atoms with Crippen LogP contribution in [0.1, 0.15) is 19.4 Å². The molecule has 0 atom stereocenters. The molecule has 0 radical (unpaired) electrons. The largest absolute Gasteiger partial charge is 0.497 e. The Labute approximate surface area is 167 Å². The second-order valence-electron chi connectivity index (χ2n) is 7.61. The van der Waals surface area contributed by atoms with Crippen molar-refractivity contribution < 1.29 is 19.0 Å². The van der Waals surface area contributed by atoms with Crippen molar-refractivity contribution in [3.63, 3.8) is 0 Å². The smallest absolute Gasteiger partial charge is 0.165 e. The van der Waals surface area contributed by atoms with Crippen LogP contribution in [-0.4, -0.2) is 56.5 Å². The van der Waals surface area contributed by atoms with Crippen LogP contribution in [0, 0.1) is 5.82 Å². The Bertz CT molecular complexity index is 765. The summed E-state index contributed by atoms with van der Waals surface area (Å²) in [7, 11) is 5.55. The van der Waals surface area contributed by atoms with Gasteiger partial charge in [-0.1, -0.05) is 12.1 Å². The molecule has 0 saturated carbocycles. The number of benzene rings is 2. The lowest BCUT2D eigenvalue weighted by Crippen LogP contribution is -2.43. The molecule has 0 unspecified atom stereocenters. The van der Waals surface area contributed by atoms with Gasteiger partial charge in [0, 0.05) is 30.4 Å². The molecule has 0 heterocycles. The number of halogens is 1. The zero-order chi connectivity index (χ0) is 20.7. The van der Waals surface area contributed by atoms with Gasteiger partial charge < -0.3 is 24.4 Å². The predicted octanol–water partition coefficient (Wildman–Crippen LogP) is 3.55. The molecule has 0 aromatic heterocycles. The number of aliphatic hydroxyl groups is 1. The molecule has 2 aromatic rings. The summed E-state index contributed by atoms with van der Waals surface area (Å²) >= 11 is 0. The lowest BCUT2D eigenvalue weighted by atomic mass is 10.1. The van der Waals surface area contributed by atoms with Gasteiger partial charge in [-0.15, -0.1) is 0 Å². The van der Waals surface area contributed by atoms with Crippen LogP contribution in [0.5, 0.6) is 11.5 Å². The maximum atomic E-state index is 14.6. The quantitative estimate of drug-likeness (QED) is 0.672. The van der Waals surface area contributed by atoms with E-state index in [1.54, 1.807) is 13.2 Å². The summed E-state index contributed by atoms with van der Waals surface area (Å²) in [5.74, 6) is 0.592. The molecule has 0 saturated heterocycles. The predicted molar refractivity (Wildman–Crippen MR) is 111 cm³/mol. The lowest BCUT2D eigenvalue weighted by molar-refractivity contribution is 0.111. The number of methoxy groups -OCH3 is 1. The van der Waals surface area contributed by atoms with E-state index in [1.807, 2.05) is 68.1 Å². The number of hydrogen-bond donors (Lipinski definition) is 1. The Balaban J connectivity index is 2.12. The van der Waals surface area contributed by atoms with Crippen molar-refractivity contribution in [1.29, 1.82) is 0 Å². The van der Waals surface area contributed by atoms with Gasteiger partial charge in [0.2, 0.25) is 0 Å². The summed E-state index contributed by atoms with van der Waals surface area (Å²) in [5.41, 5.74) is 1.50. The van der Waals surface area contributed by atoms with E-state index in [0.29, 0.717) is 19.7 Å². The standard InChI is InChI=1S/C22H31FN2O3/c1-22(2,24(3)4)16-28-21-10-9-17(13-20(21)23)15-25(11-12-26)18-7-6-8-19(14-18)27-5/h6-10,13-14,26H,11-12,15-16H2,1-5H3. The molecule has 0 spiro atoms. The van der Waals surface area contributed by atoms with Crippen molar-refractivity contribution >= 4 is 5.69 Å². The average Bonchev–Trinajstić information content (AvgIpc) is 2.67. The first-order chi connectivity index (χ1) is 13.3. The third-order valence-electron chi connectivity index (χ3n) is 4.95. The first kappa shape index (κ1) is 22.0. The van der Waals surface area contributed by atoms with Gasteiger partial charge in [0.15, 0.2) is 11.6 Å². The van der Waals surface area contributed by atoms with Crippen LogP contribution in [0.4, 0.5) is 10.1 Å². The van der Waals surface area contributed by atoms with Crippen LogP contribution in [0.3, 0.4) is 0 Å². The number of aliphatic hydroxyl groups excluding tert-OH is 1. The monoisotopic (exact) mass is 390 g/mol. The van der Waals surface area contributed by atoms with Gasteiger partial charge >= 0.3 is 0 Å². The lowest BCUT2D eigenvalue weighted by Gasteiger charge is -2.32. The minimum absolute atomic E-state index is 0.000501. The molecular formula is C22H31FN2O3. The third kappa shape index (κ3) is 5.84. The summed E-state index contributed by atoms with van der Waals surface area (Å²) in [4.78, 5) is 4.02. The molecule has 28 heavy (non-hydrogen) atoms. The molecule has 1 N–H and O–H groups in total. The number of hydrogen-bond acceptors (Lipinski definition) is 5. The fourth-order valence-corrected chi connectivity index (χ4v) is 2.59. The van der Waals surface area contributed by atoms with Crippen molar-refractivity contribution in [2.45, 2.75) is 25.9 Å². The highest BCUT2D eigenvalue weighted by molar-refractivity contribution is 5.51. The van der Waals surface area contributed by atoms with E-state index in [0.717, 1.165) is 17.0 Å². The molecule has 5 nitrogen and oxygen atoms in total. The molecule has 2 aromatic carbocycles. The van der Waals surface area contributed by atoms with Crippen LogP contribution in [0.2, 0.25) is 0 Å². The van der Waals surface area contributed by atoms with E-state index >= 15 is 0 Å². The highest BCUT2D eigenvalue weighted by atomic mass is 19.1. The molecule has 0 aliphatic rings. The number of likely N-dealkylation sites (N-methyl/N-ethyl adjacent to an activating group) is 1. The molecule has 2 rings (SSSR count). The Hall–Kier alpha value is -2.31. The summed E-state index contributed by atoms with van der Waals surface area (Å²) < 4.78 is 25.5. The number of anilines is 1. The van der Waals surface area contributed by atoms with Gasteiger partial charge in [-0.3, -0.25) is 0 Å². The van der Waals surface area contributed by atoms with E-state index in [2.05, 4.69) is 0 Å². The number of rotatable bonds is 10. The van der Waals surface area contributed by atoms with Gasteiger partial charge in [0.1, 0.15) is 12.4 Å². The number of nitrogens with zero attached hydrogens (tertiary/aromatic N) is 2. The third-order valence-corrected chi connectivity index (χ3v) is 4.95. The molecule has 6 heteroatoms. The summed E-state index contributed by atoms with van der Waals surface area (Å²) in [6.45, 7) is 5.37. The summed E-state index contributed by atoms with van der Waals surface area (Å²) in [6.07, 6.45) is 0.